The van der Waals surface area contributed by atoms with Crippen LogP contribution in [-0.4, -0.2) is 21.7 Å². The number of rotatable bonds is 4. The van der Waals surface area contributed by atoms with Crippen LogP contribution in [0.5, 0.6) is 0 Å². The number of aromatic nitrogens is 3. The van der Waals surface area contributed by atoms with Gasteiger partial charge in [0.1, 0.15) is 0 Å². The maximum Gasteiger partial charge on any atom is 0.342 e. The molecule has 0 fully saturated rings. The average molecular weight is 212 g/mol. The molecule has 84 valence electrons. The van der Waals surface area contributed by atoms with E-state index in [2.05, 4.69) is 41.3 Å². The van der Waals surface area contributed by atoms with Gasteiger partial charge >= 0.3 is 5.69 Å². The van der Waals surface area contributed by atoms with Crippen LogP contribution in [-0.2, 0) is 0 Å². The van der Waals surface area contributed by atoms with Gasteiger partial charge < -0.3 is 5.32 Å². The molecule has 0 amide bonds. The summed E-state index contributed by atoms with van der Waals surface area (Å²) in [7, 11) is 0. The van der Waals surface area contributed by atoms with Crippen LogP contribution in [0.25, 0.3) is 0 Å². The first-order valence-corrected chi connectivity index (χ1v) is 4.93. The molecule has 0 aliphatic carbocycles. The molecule has 1 rings (SSSR count). The Bertz CT molecular complexity index is 421. The fourth-order valence-corrected chi connectivity index (χ4v) is 0.961. The number of hydrogen-bond donors (Lipinski definition) is 3. The molecule has 0 aromatic carbocycles. The molecular weight excluding hydrogens is 196 g/mol. The number of aromatic amines is 2. The van der Waals surface area contributed by atoms with Crippen molar-refractivity contribution in [2.45, 2.75) is 20.8 Å². The number of hydrogen-bond acceptors (Lipinski definition) is 4. The molecular formula is C9H16N4O2. The average Bonchev–Trinajstić information content (AvgIpc) is 2.15. The van der Waals surface area contributed by atoms with Gasteiger partial charge in [-0.1, -0.05) is 20.8 Å². The summed E-state index contributed by atoms with van der Waals surface area (Å²) < 4.78 is 0. The van der Waals surface area contributed by atoms with Crippen molar-refractivity contribution in [2.24, 2.45) is 11.8 Å². The van der Waals surface area contributed by atoms with E-state index in [0.717, 1.165) is 0 Å². The molecule has 15 heavy (non-hydrogen) atoms. The van der Waals surface area contributed by atoms with Crippen molar-refractivity contribution in [2.75, 3.05) is 11.9 Å². The molecule has 6 heteroatoms. The minimum absolute atomic E-state index is 0.155. The summed E-state index contributed by atoms with van der Waals surface area (Å²) >= 11 is 0. The lowest BCUT2D eigenvalue weighted by Crippen LogP contribution is -2.28. The molecule has 1 atom stereocenters. The number of nitrogens with zero attached hydrogens (tertiary/aromatic N) is 1. The van der Waals surface area contributed by atoms with Crippen LogP contribution in [0.4, 0.5) is 5.82 Å². The van der Waals surface area contributed by atoms with Crippen LogP contribution in [0.3, 0.4) is 0 Å². The van der Waals surface area contributed by atoms with Crippen molar-refractivity contribution in [3.63, 3.8) is 0 Å². The standard InChI is InChI=1S/C9H16N4O2/c1-5(2)6(3)4-10-7-8(14)11-9(15)13-12-7/h5-6H,4H2,1-3H3,(H,10,12)(H2,11,13,14,15). The Hall–Kier alpha value is -1.59. The zero-order valence-corrected chi connectivity index (χ0v) is 9.13. The Labute approximate surface area is 87.1 Å². The van der Waals surface area contributed by atoms with E-state index in [1.54, 1.807) is 0 Å². The molecule has 3 N–H and O–H groups in total. The largest absolute Gasteiger partial charge is 0.364 e. The van der Waals surface area contributed by atoms with Gasteiger partial charge in [0.15, 0.2) is 0 Å². The summed E-state index contributed by atoms with van der Waals surface area (Å²) in [4.78, 5) is 24.0. The van der Waals surface area contributed by atoms with Crippen LogP contribution < -0.4 is 16.6 Å². The van der Waals surface area contributed by atoms with E-state index >= 15 is 0 Å². The van der Waals surface area contributed by atoms with Crippen LogP contribution in [0, 0.1) is 11.8 Å². The van der Waals surface area contributed by atoms with E-state index in [4.69, 9.17) is 0 Å². The van der Waals surface area contributed by atoms with Crippen molar-refractivity contribution in [3.05, 3.63) is 20.8 Å². The van der Waals surface area contributed by atoms with E-state index in [1.165, 1.54) is 0 Å². The number of nitrogens with one attached hydrogen (secondary N) is 3. The lowest BCUT2D eigenvalue weighted by atomic mass is 9.98. The summed E-state index contributed by atoms with van der Waals surface area (Å²) in [5.74, 6) is 1.11. The predicted octanol–water partition coefficient (Wildman–Crippen LogP) is 0.162. The summed E-state index contributed by atoms with van der Waals surface area (Å²) in [6.07, 6.45) is 0. The topological polar surface area (TPSA) is 90.6 Å². The summed E-state index contributed by atoms with van der Waals surface area (Å²) in [6, 6.07) is 0. The molecule has 1 unspecified atom stereocenters. The summed E-state index contributed by atoms with van der Waals surface area (Å²) in [6.45, 7) is 6.95. The van der Waals surface area contributed by atoms with E-state index in [9.17, 15) is 9.59 Å². The second-order valence-corrected chi connectivity index (χ2v) is 3.96. The zero-order chi connectivity index (χ0) is 11.4. The third-order valence-corrected chi connectivity index (χ3v) is 2.44. The second kappa shape index (κ2) is 4.77. The fourth-order valence-electron chi connectivity index (χ4n) is 0.961. The molecule has 0 spiro atoms. The monoisotopic (exact) mass is 212 g/mol. The fraction of sp³-hybridized carbons (Fsp3) is 0.667. The SMILES string of the molecule is CC(C)C(C)CNc1n[nH]c(=O)[nH]c1=O. The highest BCUT2D eigenvalue weighted by Gasteiger charge is 2.08. The maximum atomic E-state index is 11.2. The number of anilines is 1. The molecule has 0 saturated heterocycles. The first-order chi connectivity index (χ1) is 7.00. The van der Waals surface area contributed by atoms with Crippen LogP contribution in [0.15, 0.2) is 9.59 Å². The highest BCUT2D eigenvalue weighted by Crippen LogP contribution is 2.08. The van der Waals surface area contributed by atoms with Gasteiger partial charge in [-0.15, -0.1) is 5.10 Å². The molecule has 6 nitrogen and oxygen atoms in total. The van der Waals surface area contributed by atoms with Gasteiger partial charge in [-0.25, -0.2) is 9.89 Å². The van der Waals surface area contributed by atoms with Crippen molar-refractivity contribution >= 4 is 5.82 Å². The predicted molar refractivity (Wildman–Crippen MR) is 58.0 cm³/mol. The van der Waals surface area contributed by atoms with Crippen molar-refractivity contribution in [3.8, 4) is 0 Å². The minimum Gasteiger partial charge on any atom is -0.364 e. The van der Waals surface area contributed by atoms with Crippen molar-refractivity contribution in [1.29, 1.82) is 0 Å². The first kappa shape index (κ1) is 11.5. The molecule has 0 radical (unpaired) electrons. The quantitative estimate of drug-likeness (QED) is 0.663. The minimum atomic E-state index is -0.595. The third-order valence-electron chi connectivity index (χ3n) is 2.44. The van der Waals surface area contributed by atoms with Crippen LogP contribution in [0.1, 0.15) is 20.8 Å². The Morgan fingerprint density at radius 1 is 1.33 bits per heavy atom. The van der Waals surface area contributed by atoms with E-state index in [-0.39, 0.29) is 5.82 Å². The first-order valence-electron chi connectivity index (χ1n) is 4.93. The van der Waals surface area contributed by atoms with Gasteiger partial charge in [-0.05, 0) is 11.8 Å². The van der Waals surface area contributed by atoms with Gasteiger partial charge in [0.05, 0.1) is 0 Å². The lowest BCUT2D eigenvalue weighted by molar-refractivity contribution is 0.439. The van der Waals surface area contributed by atoms with E-state index in [1.807, 2.05) is 0 Å². The molecule has 0 aliphatic heterocycles. The van der Waals surface area contributed by atoms with Crippen molar-refractivity contribution in [1.82, 2.24) is 15.2 Å². The molecule has 0 aliphatic rings. The van der Waals surface area contributed by atoms with Crippen molar-refractivity contribution < 1.29 is 0 Å². The van der Waals surface area contributed by atoms with Gasteiger partial charge in [0, 0.05) is 6.54 Å². The van der Waals surface area contributed by atoms with Gasteiger partial charge in [-0.3, -0.25) is 9.78 Å². The number of H-pyrrole nitrogens is 2. The van der Waals surface area contributed by atoms with Gasteiger partial charge in [0.2, 0.25) is 5.82 Å². The van der Waals surface area contributed by atoms with E-state index < -0.39 is 11.2 Å². The lowest BCUT2D eigenvalue weighted by Gasteiger charge is -2.15. The molecule has 1 aromatic rings. The normalized spacial score (nSPS) is 12.8. The Kier molecular flexibility index (Phi) is 3.65. The summed E-state index contributed by atoms with van der Waals surface area (Å²) in [5.41, 5.74) is -1.09. The molecule has 0 saturated carbocycles. The Morgan fingerprint density at radius 3 is 2.53 bits per heavy atom. The van der Waals surface area contributed by atoms with Gasteiger partial charge in [0.25, 0.3) is 5.56 Å². The molecule has 0 bridgehead atoms. The highest BCUT2D eigenvalue weighted by atomic mass is 16.2. The summed E-state index contributed by atoms with van der Waals surface area (Å²) in [5, 5.41) is 8.68. The Morgan fingerprint density at radius 2 is 2.00 bits per heavy atom. The van der Waals surface area contributed by atoms with Crippen LogP contribution >= 0.6 is 0 Å². The smallest absolute Gasteiger partial charge is 0.342 e. The molecule has 1 aromatic heterocycles. The third kappa shape index (κ3) is 3.23. The molecule has 1 heterocycles. The zero-order valence-electron chi connectivity index (χ0n) is 9.13. The maximum absolute atomic E-state index is 11.2. The Balaban J connectivity index is 2.66. The highest BCUT2D eigenvalue weighted by molar-refractivity contribution is 5.28. The van der Waals surface area contributed by atoms with Crippen LogP contribution in [0.2, 0.25) is 0 Å². The van der Waals surface area contributed by atoms with E-state index in [0.29, 0.717) is 18.4 Å². The van der Waals surface area contributed by atoms with Gasteiger partial charge in [-0.2, -0.15) is 0 Å². The second-order valence-electron chi connectivity index (χ2n) is 3.96.